The molecule has 0 radical (unpaired) electrons. The molecule has 0 aliphatic rings. The fourth-order valence-corrected chi connectivity index (χ4v) is 3.18. The Bertz CT molecular complexity index is 1250. The Kier molecular flexibility index (Phi) is 7.82. The van der Waals surface area contributed by atoms with Crippen LogP contribution in [-0.4, -0.2) is 30.9 Å². The molecular formula is C24H24F2N6O3. The standard InChI is InChI=1S/C24H24F2N6O3/c1-13(16-5-4-10-29-22(16)26)31-32-24(33)21(30-15-8-6-14(7-9-15)23(27)28)17-11-19(34-2)20(35-3)12-18(17)25/h4-12,21,30-31H,1H2,2-3H3,(H3,27,28)(H,32,33). The number of amides is 1. The number of carbonyl (C=O) groups excluding carboxylic acids is 1. The first kappa shape index (κ1) is 25.0. The lowest BCUT2D eigenvalue weighted by atomic mass is 10.0. The maximum Gasteiger partial charge on any atom is 0.265 e. The summed E-state index contributed by atoms with van der Waals surface area (Å²) in [6, 6.07) is 10.5. The van der Waals surface area contributed by atoms with Gasteiger partial charge >= 0.3 is 0 Å². The molecule has 11 heteroatoms. The van der Waals surface area contributed by atoms with Crippen LogP contribution in [0.3, 0.4) is 0 Å². The van der Waals surface area contributed by atoms with Crippen LogP contribution in [0.2, 0.25) is 0 Å². The van der Waals surface area contributed by atoms with Gasteiger partial charge in [-0.25, -0.2) is 9.37 Å². The van der Waals surface area contributed by atoms with Gasteiger partial charge in [0.2, 0.25) is 5.95 Å². The van der Waals surface area contributed by atoms with Crippen molar-refractivity contribution >= 4 is 23.1 Å². The van der Waals surface area contributed by atoms with E-state index in [2.05, 4.69) is 27.7 Å². The first-order valence-electron chi connectivity index (χ1n) is 10.2. The molecule has 6 N–H and O–H groups in total. The van der Waals surface area contributed by atoms with Gasteiger partial charge in [0.15, 0.2) is 11.5 Å². The number of nitrogens with one attached hydrogen (secondary N) is 4. The molecule has 1 amide bonds. The Morgan fingerprint density at radius 1 is 1.09 bits per heavy atom. The molecule has 1 heterocycles. The van der Waals surface area contributed by atoms with Crippen molar-refractivity contribution in [2.24, 2.45) is 5.73 Å². The van der Waals surface area contributed by atoms with Crippen LogP contribution in [0.25, 0.3) is 5.70 Å². The smallest absolute Gasteiger partial charge is 0.265 e. The highest BCUT2D eigenvalue weighted by molar-refractivity contribution is 5.95. The molecule has 35 heavy (non-hydrogen) atoms. The van der Waals surface area contributed by atoms with E-state index in [0.29, 0.717) is 11.3 Å². The van der Waals surface area contributed by atoms with Crippen molar-refractivity contribution in [3.63, 3.8) is 0 Å². The van der Waals surface area contributed by atoms with E-state index in [4.69, 9.17) is 20.6 Å². The van der Waals surface area contributed by atoms with Crippen LogP contribution in [0.4, 0.5) is 14.5 Å². The first-order valence-corrected chi connectivity index (χ1v) is 10.2. The molecule has 2 aromatic carbocycles. The molecule has 9 nitrogen and oxygen atoms in total. The highest BCUT2D eigenvalue weighted by Gasteiger charge is 2.26. The maximum absolute atomic E-state index is 15.1. The van der Waals surface area contributed by atoms with Gasteiger partial charge in [-0.15, -0.1) is 0 Å². The summed E-state index contributed by atoms with van der Waals surface area (Å²) in [6.07, 6.45) is 1.28. The number of methoxy groups -OCH3 is 2. The maximum atomic E-state index is 15.1. The minimum Gasteiger partial charge on any atom is -0.493 e. The molecule has 1 atom stereocenters. The molecule has 0 fully saturated rings. The molecular weight excluding hydrogens is 458 g/mol. The molecule has 0 saturated carbocycles. The van der Waals surface area contributed by atoms with Gasteiger partial charge in [0.05, 0.1) is 25.5 Å². The van der Waals surface area contributed by atoms with Crippen LogP contribution in [0, 0.1) is 17.2 Å². The van der Waals surface area contributed by atoms with Crippen LogP contribution in [0.15, 0.2) is 61.3 Å². The Labute approximate surface area is 200 Å². The van der Waals surface area contributed by atoms with Crippen molar-refractivity contribution in [1.82, 2.24) is 15.8 Å². The second kappa shape index (κ2) is 11.0. The average Bonchev–Trinajstić information content (AvgIpc) is 2.86. The van der Waals surface area contributed by atoms with Gasteiger partial charge < -0.3 is 20.5 Å². The van der Waals surface area contributed by atoms with E-state index in [1.165, 1.54) is 38.6 Å². The number of ether oxygens (including phenoxy) is 2. The summed E-state index contributed by atoms with van der Waals surface area (Å²) in [7, 11) is 2.75. The third kappa shape index (κ3) is 5.82. The van der Waals surface area contributed by atoms with Crippen molar-refractivity contribution in [3.05, 3.63) is 89.8 Å². The van der Waals surface area contributed by atoms with Crippen LogP contribution < -0.4 is 31.4 Å². The number of aromatic nitrogens is 1. The van der Waals surface area contributed by atoms with Crippen molar-refractivity contribution < 1.29 is 23.0 Å². The third-order valence-corrected chi connectivity index (χ3v) is 5.00. The van der Waals surface area contributed by atoms with E-state index in [9.17, 15) is 9.18 Å². The number of hydrogen-bond acceptors (Lipinski definition) is 7. The number of nitrogen functional groups attached to an aromatic ring is 1. The number of pyridine rings is 1. The number of halogens is 2. The van der Waals surface area contributed by atoms with Crippen molar-refractivity contribution in [3.8, 4) is 11.5 Å². The zero-order valence-electron chi connectivity index (χ0n) is 19.0. The number of nitrogens with zero attached hydrogens (tertiary/aromatic N) is 1. The SMILES string of the molecule is C=C(NNC(=O)C(Nc1ccc(C(=N)N)cc1)c1cc(OC)c(OC)cc1F)c1cccnc1F. The average molecular weight is 482 g/mol. The van der Waals surface area contributed by atoms with E-state index in [1.807, 2.05) is 0 Å². The topological polar surface area (TPSA) is 134 Å². The minimum absolute atomic E-state index is 0.0429. The molecule has 0 aliphatic heterocycles. The summed E-state index contributed by atoms with van der Waals surface area (Å²) in [5.41, 5.74) is 11.4. The van der Waals surface area contributed by atoms with E-state index in [1.54, 1.807) is 24.3 Å². The number of anilines is 1. The summed E-state index contributed by atoms with van der Waals surface area (Å²) < 4.78 is 39.4. The Balaban J connectivity index is 1.91. The molecule has 3 aromatic rings. The molecule has 1 aromatic heterocycles. The lowest BCUT2D eigenvalue weighted by Crippen LogP contribution is -2.41. The summed E-state index contributed by atoms with van der Waals surface area (Å²) in [5.74, 6) is -1.97. The quantitative estimate of drug-likeness (QED) is 0.130. The van der Waals surface area contributed by atoms with Gasteiger partial charge in [-0.2, -0.15) is 4.39 Å². The summed E-state index contributed by atoms with van der Waals surface area (Å²) >= 11 is 0. The van der Waals surface area contributed by atoms with Crippen molar-refractivity contribution in [2.75, 3.05) is 19.5 Å². The molecule has 0 saturated heterocycles. The molecule has 0 aliphatic carbocycles. The number of hydrogen-bond donors (Lipinski definition) is 5. The normalized spacial score (nSPS) is 11.2. The number of hydrazine groups is 1. The Morgan fingerprint density at radius 3 is 2.34 bits per heavy atom. The largest absolute Gasteiger partial charge is 0.493 e. The predicted molar refractivity (Wildman–Crippen MR) is 128 cm³/mol. The number of carbonyl (C=O) groups is 1. The predicted octanol–water partition coefficient (Wildman–Crippen LogP) is 3.11. The van der Waals surface area contributed by atoms with Gasteiger partial charge in [0, 0.05) is 29.1 Å². The van der Waals surface area contributed by atoms with Crippen molar-refractivity contribution in [2.45, 2.75) is 6.04 Å². The third-order valence-electron chi connectivity index (χ3n) is 5.00. The molecule has 1 unspecified atom stereocenters. The second-order valence-corrected chi connectivity index (χ2v) is 7.23. The molecule has 0 spiro atoms. The van der Waals surface area contributed by atoms with E-state index < -0.39 is 23.7 Å². The lowest BCUT2D eigenvalue weighted by molar-refractivity contribution is -0.122. The lowest BCUT2D eigenvalue weighted by Gasteiger charge is -2.22. The van der Waals surface area contributed by atoms with E-state index in [-0.39, 0.29) is 34.2 Å². The fourth-order valence-electron chi connectivity index (χ4n) is 3.18. The van der Waals surface area contributed by atoms with Gasteiger partial charge in [-0.3, -0.25) is 21.1 Å². The molecule has 182 valence electrons. The Morgan fingerprint density at radius 2 is 1.74 bits per heavy atom. The highest BCUT2D eigenvalue weighted by Crippen LogP contribution is 2.34. The summed E-state index contributed by atoms with van der Waals surface area (Å²) in [5, 5.41) is 10.5. The molecule has 3 rings (SSSR count). The zero-order chi connectivity index (χ0) is 25.5. The van der Waals surface area contributed by atoms with E-state index in [0.717, 1.165) is 6.07 Å². The van der Waals surface area contributed by atoms with Crippen LogP contribution in [0.1, 0.15) is 22.7 Å². The fraction of sp³-hybridized carbons (Fsp3) is 0.125. The second-order valence-electron chi connectivity index (χ2n) is 7.23. The van der Waals surface area contributed by atoms with Crippen LogP contribution in [0.5, 0.6) is 11.5 Å². The number of benzene rings is 2. The van der Waals surface area contributed by atoms with Gasteiger partial charge in [-0.1, -0.05) is 6.58 Å². The van der Waals surface area contributed by atoms with Gasteiger partial charge in [0.25, 0.3) is 5.91 Å². The van der Waals surface area contributed by atoms with Crippen LogP contribution in [-0.2, 0) is 4.79 Å². The summed E-state index contributed by atoms with van der Waals surface area (Å²) in [6.45, 7) is 3.70. The Hall–Kier alpha value is -4.67. The number of amidine groups is 1. The van der Waals surface area contributed by atoms with Crippen LogP contribution >= 0.6 is 0 Å². The monoisotopic (exact) mass is 482 g/mol. The summed E-state index contributed by atoms with van der Waals surface area (Å²) in [4.78, 5) is 16.7. The zero-order valence-corrected chi connectivity index (χ0v) is 19.0. The molecule has 0 bridgehead atoms. The number of nitrogens with two attached hydrogens (primary N) is 1. The van der Waals surface area contributed by atoms with Gasteiger partial charge in [-0.05, 0) is 42.5 Å². The highest BCUT2D eigenvalue weighted by atomic mass is 19.1. The van der Waals surface area contributed by atoms with E-state index >= 15 is 4.39 Å². The first-order chi connectivity index (χ1) is 16.7. The minimum atomic E-state index is -1.27. The number of rotatable bonds is 10. The van der Waals surface area contributed by atoms with Gasteiger partial charge in [0.1, 0.15) is 17.7 Å². The van der Waals surface area contributed by atoms with Crippen molar-refractivity contribution in [1.29, 1.82) is 5.41 Å².